The number of hydrogen-bond donors (Lipinski definition) is 2. The van der Waals surface area contributed by atoms with E-state index in [-0.39, 0.29) is 13.0 Å². The summed E-state index contributed by atoms with van der Waals surface area (Å²) in [5.41, 5.74) is 5.73. The van der Waals surface area contributed by atoms with Gasteiger partial charge in [0.2, 0.25) is 0 Å². The van der Waals surface area contributed by atoms with Crippen molar-refractivity contribution in [1.82, 2.24) is 15.0 Å². The molecule has 0 spiro atoms. The molecule has 14 heavy (non-hydrogen) atoms. The first-order chi connectivity index (χ1) is 6.63. The van der Waals surface area contributed by atoms with E-state index in [0.717, 1.165) is 0 Å². The van der Waals surface area contributed by atoms with E-state index in [0.29, 0.717) is 5.69 Å². The van der Waals surface area contributed by atoms with Crippen LogP contribution in [0.1, 0.15) is 5.69 Å². The van der Waals surface area contributed by atoms with Gasteiger partial charge in [0.05, 0.1) is 12.2 Å². The lowest BCUT2D eigenvalue weighted by Crippen LogP contribution is -2.32. The number of aromatic nitrogens is 3. The summed E-state index contributed by atoms with van der Waals surface area (Å²) < 4.78 is 13.2. The molecule has 0 amide bonds. The van der Waals surface area contributed by atoms with Gasteiger partial charge in [-0.25, -0.2) is 9.07 Å². The van der Waals surface area contributed by atoms with Crippen LogP contribution in [-0.4, -0.2) is 38.8 Å². The van der Waals surface area contributed by atoms with Crippen LogP contribution in [-0.2, 0) is 17.8 Å². The van der Waals surface area contributed by atoms with Crippen LogP contribution >= 0.6 is 0 Å². The number of aliphatic carboxylic acids is 1. The highest BCUT2D eigenvalue weighted by Gasteiger charge is 2.14. The third kappa shape index (κ3) is 2.77. The largest absolute Gasteiger partial charge is 0.480 e. The molecule has 0 unspecified atom stereocenters. The normalized spacial score (nSPS) is 12.7. The molecule has 0 aromatic carbocycles. The minimum Gasteiger partial charge on any atom is -0.480 e. The maximum Gasteiger partial charge on any atom is 0.320 e. The number of rotatable bonds is 5. The van der Waals surface area contributed by atoms with Crippen molar-refractivity contribution in [1.29, 1.82) is 0 Å². The third-order valence-electron chi connectivity index (χ3n) is 1.65. The quantitative estimate of drug-likeness (QED) is 0.652. The second-order valence-electron chi connectivity index (χ2n) is 2.81. The molecule has 0 fully saturated rings. The first-order valence-corrected chi connectivity index (χ1v) is 4.07. The molecule has 0 saturated carbocycles. The summed E-state index contributed by atoms with van der Waals surface area (Å²) >= 11 is 0. The summed E-state index contributed by atoms with van der Waals surface area (Å²) in [7, 11) is 0. The lowest BCUT2D eigenvalue weighted by atomic mass is 10.2. The van der Waals surface area contributed by atoms with Gasteiger partial charge in [0.25, 0.3) is 0 Å². The number of alkyl halides is 1. The van der Waals surface area contributed by atoms with Crippen molar-refractivity contribution >= 4 is 5.97 Å². The Hall–Kier alpha value is -1.50. The molecule has 1 rings (SSSR count). The molecule has 0 aliphatic heterocycles. The summed E-state index contributed by atoms with van der Waals surface area (Å²) in [6.07, 6.45) is 1.59. The zero-order valence-corrected chi connectivity index (χ0v) is 7.43. The molecule has 1 heterocycles. The fourth-order valence-electron chi connectivity index (χ4n) is 0.941. The van der Waals surface area contributed by atoms with E-state index < -0.39 is 18.7 Å². The van der Waals surface area contributed by atoms with Crippen molar-refractivity contribution in [3.8, 4) is 0 Å². The zero-order chi connectivity index (χ0) is 10.6. The average molecular weight is 202 g/mol. The second-order valence-corrected chi connectivity index (χ2v) is 2.81. The summed E-state index contributed by atoms with van der Waals surface area (Å²) in [4.78, 5) is 10.4. The number of carboxylic acid groups (broad SMARTS) is 1. The van der Waals surface area contributed by atoms with E-state index in [4.69, 9.17) is 10.8 Å². The van der Waals surface area contributed by atoms with Crippen molar-refractivity contribution < 1.29 is 14.3 Å². The fraction of sp³-hybridized carbons (Fsp3) is 0.571. The Morgan fingerprint density at radius 2 is 2.50 bits per heavy atom. The molecule has 1 aromatic heterocycles. The minimum atomic E-state index is -1.09. The molecule has 1 aromatic rings. The molecule has 1 atom stereocenters. The van der Waals surface area contributed by atoms with Gasteiger partial charge in [-0.1, -0.05) is 5.21 Å². The van der Waals surface area contributed by atoms with Crippen LogP contribution in [0, 0.1) is 0 Å². The highest BCUT2D eigenvalue weighted by molar-refractivity contribution is 5.73. The van der Waals surface area contributed by atoms with Gasteiger partial charge in [0, 0.05) is 12.6 Å². The van der Waals surface area contributed by atoms with Crippen molar-refractivity contribution in [3.63, 3.8) is 0 Å². The minimum absolute atomic E-state index is 0.0988. The fourth-order valence-corrected chi connectivity index (χ4v) is 0.941. The molecule has 0 aliphatic carbocycles. The number of hydrogen-bond acceptors (Lipinski definition) is 4. The van der Waals surface area contributed by atoms with Crippen LogP contribution in [0.25, 0.3) is 0 Å². The SMILES string of the molecule is N[C@@H](Cc1cn(CCF)nn1)C(=O)O. The average Bonchev–Trinajstić information content (AvgIpc) is 2.53. The molecule has 7 heteroatoms. The van der Waals surface area contributed by atoms with Gasteiger partial charge in [-0.3, -0.25) is 4.79 Å². The van der Waals surface area contributed by atoms with Gasteiger partial charge in [0.15, 0.2) is 0 Å². The van der Waals surface area contributed by atoms with Crippen LogP contribution in [0.4, 0.5) is 4.39 Å². The number of nitrogens with zero attached hydrogens (tertiary/aromatic N) is 3. The first kappa shape index (κ1) is 10.6. The third-order valence-corrected chi connectivity index (χ3v) is 1.65. The van der Waals surface area contributed by atoms with Crippen molar-refractivity contribution in [2.45, 2.75) is 19.0 Å². The second kappa shape index (κ2) is 4.66. The Bertz CT molecular complexity index is 314. The van der Waals surface area contributed by atoms with Gasteiger partial charge in [0.1, 0.15) is 12.7 Å². The van der Waals surface area contributed by atoms with E-state index in [1.807, 2.05) is 0 Å². The smallest absolute Gasteiger partial charge is 0.320 e. The lowest BCUT2D eigenvalue weighted by molar-refractivity contribution is -0.138. The molecule has 0 aliphatic rings. The van der Waals surface area contributed by atoms with Gasteiger partial charge in [-0.15, -0.1) is 5.10 Å². The predicted octanol–water partition coefficient (Wildman–Crippen LogP) is -0.798. The van der Waals surface area contributed by atoms with Crippen LogP contribution in [0.15, 0.2) is 6.20 Å². The number of aryl methyl sites for hydroxylation is 1. The van der Waals surface area contributed by atoms with Gasteiger partial charge in [-0.05, 0) is 0 Å². The van der Waals surface area contributed by atoms with Crippen LogP contribution < -0.4 is 5.73 Å². The number of carbonyl (C=O) groups is 1. The standard InChI is InChI=1S/C7H11FN4O2/c8-1-2-12-4-5(10-11-12)3-6(9)7(13)14/h4,6H,1-3,9H2,(H,13,14)/t6-/m0/s1. The monoisotopic (exact) mass is 202 g/mol. The first-order valence-electron chi connectivity index (χ1n) is 4.07. The Labute approximate surface area is 79.5 Å². The Balaban J connectivity index is 2.55. The van der Waals surface area contributed by atoms with Crippen molar-refractivity contribution in [2.24, 2.45) is 5.73 Å². The maximum atomic E-state index is 11.9. The molecule has 78 valence electrons. The molecule has 0 bridgehead atoms. The molecular weight excluding hydrogens is 191 g/mol. The van der Waals surface area contributed by atoms with E-state index in [1.165, 1.54) is 10.9 Å². The topological polar surface area (TPSA) is 94.0 Å². The zero-order valence-electron chi connectivity index (χ0n) is 7.43. The number of nitrogens with two attached hydrogens (primary N) is 1. The van der Waals surface area contributed by atoms with Gasteiger partial charge in [-0.2, -0.15) is 0 Å². The molecule has 0 radical (unpaired) electrons. The van der Waals surface area contributed by atoms with Crippen LogP contribution in [0.5, 0.6) is 0 Å². The van der Waals surface area contributed by atoms with Crippen LogP contribution in [0.2, 0.25) is 0 Å². The van der Waals surface area contributed by atoms with E-state index in [2.05, 4.69) is 10.3 Å². The Morgan fingerprint density at radius 1 is 1.79 bits per heavy atom. The Morgan fingerprint density at radius 3 is 3.07 bits per heavy atom. The number of halogens is 1. The molecule has 6 nitrogen and oxygen atoms in total. The molecular formula is C7H11FN4O2. The van der Waals surface area contributed by atoms with Gasteiger partial charge < -0.3 is 10.8 Å². The van der Waals surface area contributed by atoms with Crippen molar-refractivity contribution in [3.05, 3.63) is 11.9 Å². The Kier molecular flexibility index (Phi) is 3.52. The summed E-state index contributed by atoms with van der Waals surface area (Å²) in [5, 5.41) is 15.8. The van der Waals surface area contributed by atoms with E-state index in [9.17, 15) is 9.18 Å². The highest BCUT2D eigenvalue weighted by Crippen LogP contribution is 1.97. The van der Waals surface area contributed by atoms with Gasteiger partial charge >= 0.3 is 5.97 Å². The van der Waals surface area contributed by atoms with Crippen molar-refractivity contribution in [2.75, 3.05) is 6.67 Å². The summed E-state index contributed by atoms with van der Waals surface area (Å²) in [6, 6.07) is -0.995. The summed E-state index contributed by atoms with van der Waals surface area (Å²) in [5.74, 6) is -1.09. The molecule has 0 saturated heterocycles. The van der Waals surface area contributed by atoms with E-state index >= 15 is 0 Å². The predicted molar refractivity (Wildman–Crippen MR) is 45.3 cm³/mol. The highest BCUT2D eigenvalue weighted by atomic mass is 19.1. The summed E-state index contributed by atoms with van der Waals surface area (Å²) in [6.45, 7) is -0.414. The van der Waals surface area contributed by atoms with Crippen LogP contribution in [0.3, 0.4) is 0 Å². The number of carboxylic acids is 1. The lowest BCUT2D eigenvalue weighted by Gasteiger charge is -2.01. The molecule has 3 N–H and O–H groups in total. The van der Waals surface area contributed by atoms with E-state index in [1.54, 1.807) is 0 Å². The maximum absolute atomic E-state index is 11.9.